The number of aliphatic hydroxyl groups is 1. The predicted octanol–water partition coefficient (Wildman–Crippen LogP) is 4.09. The number of allylic oxidation sites excluding steroid dienone is 2. The molecule has 0 bridgehead atoms. The lowest BCUT2D eigenvalue weighted by Gasteiger charge is -2.33. The molecule has 0 aromatic carbocycles. The molecule has 88 valence electrons. The van der Waals surface area contributed by atoms with Gasteiger partial charge in [0.15, 0.2) is 0 Å². The molecule has 0 saturated heterocycles. The molecule has 1 nitrogen and oxygen atoms in total. The third-order valence-corrected chi connectivity index (χ3v) is 2.99. The van der Waals surface area contributed by atoms with Crippen LogP contribution in [-0.2, 0) is 0 Å². The van der Waals surface area contributed by atoms with Crippen molar-refractivity contribution in [1.82, 2.24) is 0 Å². The molecule has 0 amide bonds. The second-order valence-electron chi connectivity index (χ2n) is 4.93. The quantitative estimate of drug-likeness (QED) is 0.628. The van der Waals surface area contributed by atoms with Gasteiger partial charge < -0.3 is 5.11 Å². The van der Waals surface area contributed by atoms with E-state index in [1.165, 1.54) is 5.57 Å². The minimum atomic E-state index is -0.273. The average molecular weight is 210 g/mol. The molecule has 0 aliphatic rings. The summed E-state index contributed by atoms with van der Waals surface area (Å²) in [7, 11) is 0. The van der Waals surface area contributed by atoms with Crippen LogP contribution in [0, 0.1) is 5.41 Å². The molecule has 0 aliphatic carbocycles. The first-order chi connectivity index (χ1) is 6.96. The second kappa shape index (κ2) is 6.84. The van der Waals surface area contributed by atoms with Gasteiger partial charge in [0.05, 0.1) is 6.10 Å². The van der Waals surface area contributed by atoms with Crippen molar-refractivity contribution in [3.63, 3.8) is 0 Å². The van der Waals surface area contributed by atoms with E-state index in [4.69, 9.17) is 0 Å². The van der Waals surface area contributed by atoms with Gasteiger partial charge in [0.25, 0.3) is 0 Å². The molecule has 0 aliphatic heterocycles. The summed E-state index contributed by atoms with van der Waals surface area (Å²) in [6.07, 6.45) is 7.58. The van der Waals surface area contributed by atoms with Gasteiger partial charge in [-0.15, -0.1) is 6.58 Å². The maximum Gasteiger partial charge on any atom is 0.0631 e. The zero-order valence-electron chi connectivity index (χ0n) is 10.7. The molecule has 0 aromatic heterocycles. The Morgan fingerprint density at radius 2 is 2.07 bits per heavy atom. The third kappa shape index (κ3) is 5.17. The second-order valence-corrected chi connectivity index (χ2v) is 4.93. The summed E-state index contributed by atoms with van der Waals surface area (Å²) in [6.45, 7) is 12.2. The van der Waals surface area contributed by atoms with Crippen LogP contribution in [0.4, 0.5) is 0 Å². The fourth-order valence-electron chi connectivity index (χ4n) is 1.86. The van der Waals surface area contributed by atoms with Gasteiger partial charge >= 0.3 is 0 Å². The van der Waals surface area contributed by atoms with E-state index in [-0.39, 0.29) is 11.5 Å². The number of aliphatic hydroxyl groups excluding tert-OH is 1. The lowest BCUT2D eigenvalue weighted by atomic mass is 9.75. The van der Waals surface area contributed by atoms with E-state index >= 15 is 0 Å². The molecule has 1 N–H and O–H groups in total. The molecular formula is C14H26O. The van der Waals surface area contributed by atoms with Crippen LogP contribution in [0.3, 0.4) is 0 Å². The van der Waals surface area contributed by atoms with Crippen molar-refractivity contribution in [3.05, 3.63) is 24.3 Å². The molecule has 0 heterocycles. The van der Waals surface area contributed by atoms with Gasteiger partial charge in [0.2, 0.25) is 0 Å². The minimum Gasteiger partial charge on any atom is -0.392 e. The normalized spacial score (nSPS) is 16.6. The summed E-state index contributed by atoms with van der Waals surface area (Å²) >= 11 is 0. The van der Waals surface area contributed by atoms with Crippen molar-refractivity contribution in [2.24, 2.45) is 5.41 Å². The smallest absolute Gasteiger partial charge is 0.0631 e. The van der Waals surface area contributed by atoms with Gasteiger partial charge in [-0.1, -0.05) is 38.0 Å². The van der Waals surface area contributed by atoms with E-state index in [1.807, 2.05) is 0 Å². The van der Waals surface area contributed by atoms with Gasteiger partial charge in [-0.05, 0) is 38.5 Å². The maximum atomic E-state index is 10.1. The van der Waals surface area contributed by atoms with E-state index < -0.39 is 0 Å². The third-order valence-electron chi connectivity index (χ3n) is 2.99. The van der Waals surface area contributed by atoms with Crippen molar-refractivity contribution in [1.29, 1.82) is 0 Å². The van der Waals surface area contributed by atoms with Gasteiger partial charge in [0.1, 0.15) is 0 Å². The van der Waals surface area contributed by atoms with Crippen molar-refractivity contribution >= 4 is 0 Å². The van der Waals surface area contributed by atoms with Crippen molar-refractivity contribution in [2.45, 2.75) is 59.5 Å². The highest BCUT2D eigenvalue weighted by Gasteiger charge is 2.29. The van der Waals surface area contributed by atoms with Crippen molar-refractivity contribution in [3.8, 4) is 0 Å². The van der Waals surface area contributed by atoms with Crippen LogP contribution in [0.5, 0.6) is 0 Å². The zero-order chi connectivity index (χ0) is 11.9. The van der Waals surface area contributed by atoms with Crippen molar-refractivity contribution < 1.29 is 5.11 Å². The topological polar surface area (TPSA) is 20.2 Å². The first-order valence-corrected chi connectivity index (χ1v) is 5.88. The van der Waals surface area contributed by atoms with Crippen LogP contribution >= 0.6 is 0 Å². The van der Waals surface area contributed by atoms with Crippen LogP contribution < -0.4 is 0 Å². The molecule has 0 aromatic rings. The Kier molecular flexibility index (Phi) is 6.58. The van der Waals surface area contributed by atoms with Gasteiger partial charge in [0, 0.05) is 0 Å². The summed E-state index contributed by atoms with van der Waals surface area (Å²) in [5, 5.41) is 10.1. The largest absolute Gasteiger partial charge is 0.392 e. The Balaban J connectivity index is 4.55. The molecule has 0 rings (SSSR count). The van der Waals surface area contributed by atoms with E-state index in [9.17, 15) is 5.11 Å². The molecule has 0 radical (unpaired) electrons. The highest BCUT2D eigenvalue weighted by Crippen LogP contribution is 2.34. The predicted molar refractivity (Wildman–Crippen MR) is 67.9 cm³/mol. The summed E-state index contributed by atoms with van der Waals surface area (Å²) in [4.78, 5) is 0. The molecule has 15 heavy (non-hydrogen) atoms. The fraction of sp³-hybridized carbons (Fsp3) is 0.714. The first-order valence-electron chi connectivity index (χ1n) is 5.88. The lowest BCUT2D eigenvalue weighted by molar-refractivity contribution is 0.0344. The van der Waals surface area contributed by atoms with Crippen LogP contribution in [0.2, 0.25) is 0 Å². The first kappa shape index (κ1) is 14.4. The summed E-state index contributed by atoms with van der Waals surface area (Å²) in [5.74, 6) is 0. The van der Waals surface area contributed by atoms with Gasteiger partial charge in [-0.2, -0.15) is 0 Å². The molecule has 1 heteroatoms. The van der Waals surface area contributed by atoms with E-state index in [0.29, 0.717) is 6.42 Å². The van der Waals surface area contributed by atoms with Crippen LogP contribution in [0.15, 0.2) is 24.3 Å². The minimum absolute atomic E-state index is 0.000208. The lowest BCUT2D eigenvalue weighted by Crippen LogP contribution is -2.31. The molecule has 2 atom stereocenters. The van der Waals surface area contributed by atoms with Gasteiger partial charge in [-0.25, -0.2) is 0 Å². The number of hydrogen-bond acceptors (Lipinski definition) is 1. The highest BCUT2D eigenvalue weighted by molar-refractivity contribution is 4.99. The van der Waals surface area contributed by atoms with Crippen molar-refractivity contribution in [2.75, 3.05) is 0 Å². The summed E-state index contributed by atoms with van der Waals surface area (Å²) < 4.78 is 0. The monoisotopic (exact) mass is 210 g/mol. The molecule has 2 unspecified atom stereocenters. The summed E-state index contributed by atoms with van der Waals surface area (Å²) in [6, 6.07) is 0. The van der Waals surface area contributed by atoms with Crippen LogP contribution in [0.25, 0.3) is 0 Å². The van der Waals surface area contributed by atoms with Crippen LogP contribution in [-0.4, -0.2) is 11.2 Å². The Labute approximate surface area is 94.9 Å². The highest BCUT2D eigenvalue weighted by atomic mass is 16.3. The maximum absolute atomic E-state index is 10.1. The fourth-order valence-corrected chi connectivity index (χ4v) is 1.86. The Hall–Kier alpha value is -0.560. The molecule has 0 saturated carbocycles. The van der Waals surface area contributed by atoms with E-state index in [0.717, 1.165) is 19.3 Å². The molecule has 0 spiro atoms. The van der Waals surface area contributed by atoms with Gasteiger partial charge in [-0.3, -0.25) is 0 Å². The zero-order valence-corrected chi connectivity index (χ0v) is 10.7. The SMILES string of the molecule is C=CCC(O)C(C)(CC=C(C)C)CCC. The molecular weight excluding hydrogens is 184 g/mol. The number of hydrogen-bond donors (Lipinski definition) is 1. The average Bonchev–Trinajstić information content (AvgIpc) is 2.15. The van der Waals surface area contributed by atoms with E-state index in [1.54, 1.807) is 6.08 Å². The summed E-state index contributed by atoms with van der Waals surface area (Å²) in [5.41, 5.74) is 1.32. The standard InChI is InChI=1S/C14H26O/c1-6-8-13(15)14(5,10-7-2)11-9-12(3)4/h6,9,13,15H,1,7-8,10-11H2,2-5H3. The Morgan fingerprint density at radius 1 is 1.47 bits per heavy atom. The molecule has 0 fully saturated rings. The Bertz CT molecular complexity index is 213. The Morgan fingerprint density at radius 3 is 2.47 bits per heavy atom. The number of rotatable bonds is 7. The van der Waals surface area contributed by atoms with Crippen LogP contribution in [0.1, 0.15) is 53.4 Å². The van der Waals surface area contributed by atoms with E-state index in [2.05, 4.69) is 40.3 Å².